The van der Waals surface area contributed by atoms with Crippen molar-refractivity contribution < 1.29 is 16.8 Å². The van der Waals surface area contributed by atoms with E-state index in [1.807, 2.05) is 31.2 Å². The number of anilines is 1. The van der Waals surface area contributed by atoms with Crippen molar-refractivity contribution in [3.8, 4) is 0 Å². The van der Waals surface area contributed by atoms with Gasteiger partial charge in [0.25, 0.3) is 0 Å². The van der Waals surface area contributed by atoms with E-state index in [1.54, 1.807) is 24.3 Å². The number of para-hydroxylation sites is 2. The number of primary sulfonamides is 2. The first-order valence-corrected chi connectivity index (χ1v) is 22.7. The zero-order valence-corrected chi connectivity index (χ0v) is 35.7. The summed E-state index contributed by atoms with van der Waals surface area (Å²) in [4.78, 5) is 2.48. The lowest BCUT2D eigenvalue weighted by molar-refractivity contribution is 0.594. The van der Waals surface area contributed by atoms with E-state index in [-0.39, 0.29) is 21.6 Å². The number of allylic oxidation sites excluding steroid dienone is 8. The van der Waals surface area contributed by atoms with Gasteiger partial charge in [-0.1, -0.05) is 101 Å². The number of nitrogens with two attached hydrogens (primary N) is 2. The maximum Gasteiger partial charge on any atom is 0.238 e. The molecule has 298 valence electrons. The number of aryl methyl sites for hydroxylation is 1. The van der Waals surface area contributed by atoms with Gasteiger partial charge in [-0.2, -0.15) is 4.58 Å². The molecule has 8 nitrogen and oxygen atoms in total. The molecule has 0 radical (unpaired) electrons. The number of hydrogen-bond acceptors (Lipinski definition) is 5. The molecule has 1 fully saturated rings. The topological polar surface area (TPSA) is 127 Å². The summed E-state index contributed by atoms with van der Waals surface area (Å²) in [5, 5.41) is 11.0. The highest BCUT2D eigenvalue weighted by Gasteiger charge is 2.41. The number of hydrogen-bond donors (Lipinski definition) is 2. The maximum absolute atomic E-state index is 12.4. The van der Waals surface area contributed by atoms with Gasteiger partial charge in [0.1, 0.15) is 0 Å². The third-order valence-electron chi connectivity index (χ3n) is 11.4. The lowest BCUT2D eigenvalue weighted by Gasteiger charge is -2.30. The van der Waals surface area contributed by atoms with Crippen molar-refractivity contribution in [1.82, 2.24) is 4.58 Å². The Kier molecular flexibility index (Phi) is 12.1. The summed E-state index contributed by atoms with van der Waals surface area (Å²) in [6.45, 7) is 15.6. The minimum atomic E-state index is -3.85. The van der Waals surface area contributed by atoms with Gasteiger partial charge in [-0.3, -0.25) is 0 Å². The molecule has 4 aromatic carbocycles. The lowest BCUT2D eigenvalue weighted by Crippen LogP contribution is -2.26. The van der Waals surface area contributed by atoms with Crippen molar-refractivity contribution in [3.63, 3.8) is 0 Å². The van der Waals surface area contributed by atoms with E-state index in [1.165, 1.54) is 16.7 Å². The van der Waals surface area contributed by atoms with Crippen LogP contribution < -0.4 is 19.8 Å². The highest BCUT2D eigenvalue weighted by molar-refractivity contribution is 7.89. The zero-order chi connectivity index (χ0) is 41.3. The first-order valence-electron chi connectivity index (χ1n) is 19.6. The maximum atomic E-state index is 12.4. The van der Waals surface area contributed by atoms with Crippen LogP contribution in [0.25, 0.3) is 0 Å². The summed E-state index contributed by atoms with van der Waals surface area (Å²) in [5.74, 6) is 0.301. The van der Waals surface area contributed by atoms with Crippen molar-refractivity contribution in [1.29, 1.82) is 0 Å². The van der Waals surface area contributed by atoms with E-state index in [0.717, 1.165) is 64.4 Å². The molecular formula is C47H55N4O4S2+. The van der Waals surface area contributed by atoms with Crippen LogP contribution in [0.1, 0.15) is 83.4 Å². The van der Waals surface area contributed by atoms with Crippen molar-refractivity contribution in [2.45, 2.75) is 88.9 Å². The number of nitrogens with zero attached hydrogens (tertiary/aromatic N) is 2. The Morgan fingerprint density at radius 3 is 1.84 bits per heavy atom. The minimum absolute atomic E-state index is 0.0989. The molecule has 1 unspecified atom stereocenters. The molecule has 0 aliphatic heterocycles. The van der Waals surface area contributed by atoms with Crippen molar-refractivity contribution in [2.75, 3.05) is 11.4 Å². The lowest BCUT2D eigenvalue weighted by atomic mass is 9.80. The first-order chi connectivity index (χ1) is 27.0. The highest BCUT2D eigenvalue weighted by Crippen LogP contribution is 2.52. The fourth-order valence-corrected chi connectivity index (χ4v) is 9.67. The predicted molar refractivity (Wildman–Crippen MR) is 235 cm³/mol. The van der Waals surface area contributed by atoms with Crippen LogP contribution in [0, 0.1) is 12.8 Å². The smallest absolute Gasteiger partial charge is 0.238 e. The summed E-state index contributed by atoms with van der Waals surface area (Å²) in [5.41, 5.74) is 11.5. The SMILES string of the molecule is CCC1/C(=C/C=C2\CCC(=CC=C(C(C)C)N(CC)c3ccc(S(N)(=O)=O)cc3C)C2=[N+](c2ccccc2)c2ccccc2)C(C)(C)c2cc(S(N)(=O)=O)ccc21. The fraction of sp³-hybridized carbons (Fsp3) is 0.298. The molecule has 0 amide bonds. The van der Waals surface area contributed by atoms with Crippen LogP contribution in [0.5, 0.6) is 0 Å². The van der Waals surface area contributed by atoms with E-state index in [9.17, 15) is 16.8 Å². The molecule has 4 N–H and O–H groups in total. The third kappa shape index (κ3) is 8.55. The molecule has 1 atom stereocenters. The van der Waals surface area contributed by atoms with Crippen LogP contribution in [-0.2, 0) is 25.5 Å². The second-order valence-electron chi connectivity index (χ2n) is 15.7. The van der Waals surface area contributed by atoms with Crippen molar-refractivity contribution in [2.24, 2.45) is 16.2 Å². The number of sulfonamides is 2. The highest BCUT2D eigenvalue weighted by atomic mass is 32.2. The Morgan fingerprint density at radius 1 is 0.789 bits per heavy atom. The standard InChI is InChI=1S/C47H55N4O4S2/c1-8-40-41-26-24-39(57(49,54)55)31-43(41)47(6,7)42(40)27-22-34-20-21-35(46(34)51(36-16-12-10-13-17-36)37-18-14-11-15-19-37)23-28-44(32(3)4)50(9-2)45-29-25-38(30-33(45)5)56(48,52)53/h10-19,22-32,40H,8-9,20-21H2,1-7H3,(H2,48,52,53)(H2,49,54,55)/q+1/b34-22+,42-27-. The quantitative estimate of drug-likeness (QED) is 0.146. The van der Waals surface area contributed by atoms with Gasteiger partial charge in [-0.25, -0.2) is 27.1 Å². The van der Waals surface area contributed by atoms with E-state index in [2.05, 4.69) is 124 Å². The van der Waals surface area contributed by atoms with Crippen LogP contribution in [0.3, 0.4) is 0 Å². The molecule has 0 heterocycles. The molecule has 57 heavy (non-hydrogen) atoms. The van der Waals surface area contributed by atoms with Gasteiger partial charge in [0.2, 0.25) is 37.1 Å². The molecule has 2 aliphatic carbocycles. The number of benzene rings is 4. The van der Waals surface area contributed by atoms with Crippen LogP contribution in [0.2, 0.25) is 0 Å². The average Bonchev–Trinajstić information content (AvgIpc) is 3.66. The Labute approximate surface area is 339 Å². The van der Waals surface area contributed by atoms with Gasteiger partial charge >= 0.3 is 0 Å². The van der Waals surface area contributed by atoms with Gasteiger partial charge in [0.15, 0.2) is 0 Å². The van der Waals surface area contributed by atoms with Gasteiger partial charge < -0.3 is 4.90 Å². The predicted octanol–water partition coefficient (Wildman–Crippen LogP) is 9.69. The molecular weight excluding hydrogens is 749 g/mol. The molecule has 0 bridgehead atoms. The first kappa shape index (κ1) is 41.8. The third-order valence-corrected chi connectivity index (χ3v) is 13.2. The second kappa shape index (κ2) is 16.5. The Bertz CT molecular complexity index is 2510. The number of fused-ring (bicyclic) bond motifs is 1. The fourth-order valence-electron chi connectivity index (χ4n) is 8.54. The molecule has 1 saturated carbocycles. The summed E-state index contributed by atoms with van der Waals surface area (Å²) < 4.78 is 51.4. The molecule has 0 saturated heterocycles. The number of rotatable bonds is 11. The van der Waals surface area contributed by atoms with Crippen LogP contribution in [-0.4, -0.2) is 29.1 Å². The Morgan fingerprint density at radius 2 is 1.33 bits per heavy atom. The summed E-state index contributed by atoms with van der Waals surface area (Å²) >= 11 is 0. The van der Waals surface area contributed by atoms with Gasteiger partial charge in [0.05, 0.1) is 9.79 Å². The molecule has 2 aliphatic rings. The molecule has 6 rings (SSSR count). The normalized spacial score (nSPS) is 19.2. The summed E-state index contributed by atoms with van der Waals surface area (Å²) in [6.07, 6.45) is 11.6. The van der Waals surface area contributed by atoms with Gasteiger partial charge in [-0.05, 0) is 92.1 Å². The van der Waals surface area contributed by atoms with Crippen LogP contribution in [0.4, 0.5) is 17.1 Å². The van der Waals surface area contributed by atoms with Crippen LogP contribution >= 0.6 is 0 Å². The van der Waals surface area contributed by atoms with Crippen molar-refractivity contribution >= 4 is 42.8 Å². The molecule has 4 aromatic rings. The Hall–Kier alpha value is -4.87. The van der Waals surface area contributed by atoms with E-state index in [0.29, 0.717) is 6.54 Å². The Balaban J connectivity index is 1.54. The monoisotopic (exact) mass is 803 g/mol. The van der Waals surface area contributed by atoms with Gasteiger partial charge in [-0.15, -0.1) is 0 Å². The molecule has 0 spiro atoms. The average molecular weight is 804 g/mol. The van der Waals surface area contributed by atoms with E-state index in [4.69, 9.17) is 10.3 Å². The minimum Gasteiger partial charge on any atom is -0.345 e. The van der Waals surface area contributed by atoms with Crippen LogP contribution in [0.15, 0.2) is 154 Å². The zero-order valence-electron chi connectivity index (χ0n) is 34.0. The van der Waals surface area contributed by atoms with E-state index < -0.39 is 25.5 Å². The van der Waals surface area contributed by atoms with E-state index >= 15 is 0 Å². The summed E-state index contributed by atoms with van der Waals surface area (Å²) in [7, 11) is -7.67. The molecule has 10 heteroatoms. The second-order valence-corrected chi connectivity index (χ2v) is 18.8. The van der Waals surface area contributed by atoms with Gasteiger partial charge in [0, 0.05) is 64.7 Å². The summed E-state index contributed by atoms with van der Waals surface area (Å²) in [6, 6.07) is 31.3. The largest absolute Gasteiger partial charge is 0.345 e. The van der Waals surface area contributed by atoms with Crippen molar-refractivity contribution in [3.05, 3.63) is 160 Å². The molecule has 0 aromatic heterocycles.